The Labute approximate surface area is 154 Å². The minimum atomic E-state index is -0.470. The lowest BCUT2D eigenvalue weighted by Crippen LogP contribution is -2.43. The predicted molar refractivity (Wildman–Crippen MR) is 98.5 cm³/mol. The van der Waals surface area contributed by atoms with Gasteiger partial charge in [-0.1, -0.05) is 12.8 Å². The third kappa shape index (κ3) is 3.59. The fourth-order valence-electron chi connectivity index (χ4n) is 4.20. The highest BCUT2D eigenvalue weighted by molar-refractivity contribution is 5.95. The number of carbonyl (C=O) groups is 1. The van der Waals surface area contributed by atoms with Gasteiger partial charge in [-0.25, -0.2) is 4.79 Å². The maximum atomic E-state index is 13.2. The van der Waals surface area contributed by atoms with Crippen LogP contribution in [-0.4, -0.2) is 36.6 Å². The molecule has 0 aromatic carbocycles. The zero-order valence-corrected chi connectivity index (χ0v) is 15.7. The minimum Gasteiger partial charge on any atom is -0.427 e. The fraction of sp³-hybridized carbons (Fsp3) is 0.714. The fourth-order valence-corrected chi connectivity index (χ4v) is 4.20. The lowest BCUT2D eigenvalue weighted by molar-refractivity contribution is 0.0443. The normalized spacial score (nSPS) is 23.5. The molecule has 0 N–H and O–H groups in total. The highest BCUT2D eigenvalue weighted by Crippen LogP contribution is 2.36. The van der Waals surface area contributed by atoms with E-state index in [4.69, 9.17) is 9.15 Å². The average molecular weight is 359 g/mol. The van der Waals surface area contributed by atoms with Crippen molar-refractivity contribution in [3.8, 4) is 0 Å². The highest BCUT2D eigenvalue weighted by Gasteiger charge is 2.31. The molecular formula is C21H29NO4. The van der Waals surface area contributed by atoms with E-state index in [0.29, 0.717) is 18.4 Å². The molecule has 3 fully saturated rings. The Morgan fingerprint density at radius 1 is 1.12 bits per heavy atom. The van der Waals surface area contributed by atoms with E-state index in [-0.39, 0.29) is 17.6 Å². The second kappa shape index (κ2) is 7.55. The quantitative estimate of drug-likeness (QED) is 0.778. The zero-order chi connectivity index (χ0) is 18.1. The zero-order valence-electron chi connectivity index (χ0n) is 15.7. The summed E-state index contributed by atoms with van der Waals surface area (Å²) >= 11 is 0. The molecule has 2 saturated carbocycles. The Kier molecular flexibility index (Phi) is 5.16. The summed E-state index contributed by atoms with van der Waals surface area (Å²) in [4.78, 5) is 27.7. The predicted octanol–water partition coefficient (Wildman–Crippen LogP) is 3.64. The molecule has 4 rings (SSSR count). The van der Waals surface area contributed by atoms with Crippen LogP contribution in [0.4, 0.5) is 0 Å². The first-order chi connectivity index (χ1) is 12.6. The number of ether oxygens (including phenoxy) is 1. The molecule has 5 heteroatoms. The molecule has 1 unspecified atom stereocenters. The van der Waals surface area contributed by atoms with E-state index in [9.17, 15) is 9.59 Å². The molecule has 26 heavy (non-hydrogen) atoms. The van der Waals surface area contributed by atoms with Gasteiger partial charge in [0.1, 0.15) is 11.3 Å². The topological polar surface area (TPSA) is 59.8 Å². The first-order valence-corrected chi connectivity index (χ1v) is 10.2. The van der Waals surface area contributed by atoms with Crippen molar-refractivity contribution in [1.82, 2.24) is 4.90 Å². The molecule has 0 spiro atoms. The van der Waals surface area contributed by atoms with E-state index >= 15 is 0 Å². The van der Waals surface area contributed by atoms with E-state index in [1.165, 1.54) is 25.7 Å². The molecule has 1 atom stereocenters. The number of amides is 1. The van der Waals surface area contributed by atoms with Crippen LogP contribution in [0.25, 0.3) is 0 Å². The van der Waals surface area contributed by atoms with Crippen LogP contribution in [-0.2, 0) is 4.74 Å². The Bertz CT molecular complexity index is 711. The van der Waals surface area contributed by atoms with Crippen LogP contribution in [0, 0.1) is 12.8 Å². The number of carbonyl (C=O) groups excluding carboxylic acids is 1. The molecule has 3 aliphatic rings. The molecule has 0 bridgehead atoms. The lowest BCUT2D eigenvalue weighted by Gasteiger charge is -2.33. The molecule has 1 saturated heterocycles. The van der Waals surface area contributed by atoms with E-state index in [1.54, 1.807) is 0 Å². The molecule has 1 aromatic heterocycles. The van der Waals surface area contributed by atoms with Crippen LogP contribution in [0.2, 0.25) is 0 Å². The SMILES string of the molecule is Cc1cc(C2CCC2)oc(=O)c1C(=O)N(CC1CCC1)CC1CCCO1. The molecule has 2 aliphatic carbocycles. The molecule has 1 aromatic rings. The Balaban J connectivity index is 1.56. The van der Waals surface area contributed by atoms with Crippen molar-refractivity contribution in [3.05, 3.63) is 33.4 Å². The molecule has 1 amide bonds. The Hall–Kier alpha value is -1.62. The number of aryl methyl sites for hydroxylation is 1. The highest BCUT2D eigenvalue weighted by atomic mass is 16.5. The van der Waals surface area contributed by atoms with Crippen molar-refractivity contribution in [2.75, 3.05) is 19.7 Å². The summed E-state index contributed by atoms with van der Waals surface area (Å²) in [6, 6.07) is 1.91. The van der Waals surface area contributed by atoms with Crippen molar-refractivity contribution in [2.45, 2.75) is 70.3 Å². The van der Waals surface area contributed by atoms with Gasteiger partial charge in [0, 0.05) is 25.6 Å². The molecule has 1 aliphatic heterocycles. The van der Waals surface area contributed by atoms with Crippen molar-refractivity contribution < 1.29 is 13.9 Å². The van der Waals surface area contributed by atoms with Crippen LogP contribution < -0.4 is 5.63 Å². The Morgan fingerprint density at radius 3 is 2.42 bits per heavy atom. The van der Waals surface area contributed by atoms with Gasteiger partial charge in [0.25, 0.3) is 5.91 Å². The van der Waals surface area contributed by atoms with Crippen LogP contribution in [0.5, 0.6) is 0 Å². The first kappa shape index (κ1) is 17.8. The molecular weight excluding hydrogens is 330 g/mol. The molecule has 5 nitrogen and oxygen atoms in total. The van der Waals surface area contributed by atoms with Gasteiger partial charge in [-0.05, 0) is 63.0 Å². The van der Waals surface area contributed by atoms with Gasteiger partial charge in [-0.15, -0.1) is 0 Å². The Morgan fingerprint density at radius 2 is 1.88 bits per heavy atom. The third-order valence-electron chi connectivity index (χ3n) is 6.33. The van der Waals surface area contributed by atoms with Crippen molar-refractivity contribution in [2.24, 2.45) is 5.92 Å². The van der Waals surface area contributed by atoms with Crippen molar-refractivity contribution >= 4 is 5.91 Å². The van der Waals surface area contributed by atoms with Gasteiger partial charge in [-0.3, -0.25) is 4.79 Å². The van der Waals surface area contributed by atoms with Crippen molar-refractivity contribution in [3.63, 3.8) is 0 Å². The average Bonchev–Trinajstić information content (AvgIpc) is 3.00. The minimum absolute atomic E-state index is 0.0978. The first-order valence-electron chi connectivity index (χ1n) is 10.2. The van der Waals surface area contributed by atoms with Crippen LogP contribution in [0.1, 0.15) is 79.0 Å². The standard InChI is InChI=1S/C21H29NO4/c1-14-11-18(16-7-3-8-16)26-21(24)19(14)20(23)22(12-15-5-2-6-15)13-17-9-4-10-25-17/h11,15-17H,2-10,12-13H2,1H3. The molecule has 2 heterocycles. The second-order valence-electron chi connectivity index (χ2n) is 8.26. The summed E-state index contributed by atoms with van der Waals surface area (Å²) in [7, 11) is 0. The third-order valence-corrected chi connectivity index (χ3v) is 6.33. The van der Waals surface area contributed by atoms with Crippen LogP contribution >= 0.6 is 0 Å². The maximum absolute atomic E-state index is 13.2. The number of rotatable bonds is 6. The maximum Gasteiger partial charge on any atom is 0.349 e. The summed E-state index contributed by atoms with van der Waals surface area (Å²) in [5.74, 6) is 1.48. The summed E-state index contributed by atoms with van der Waals surface area (Å²) in [5.41, 5.74) is 0.493. The largest absolute Gasteiger partial charge is 0.427 e. The van der Waals surface area contributed by atoms with Gasteiger partial charge in [0.15, 0.2) is 0 Å². The van der Waals surface area contributed by atoms with E-state index in [2.05, 4.69) is 0 Å². The summed E-state index contributed by atoms with van der Waals surface area (Å²) in [5, 5.41) is 0. The van der Waals surface area contributed by atoms with Gasteiger partial charge < -0.3 is 14.1 Å². The molecule has 0 radical (unpaired) electrons. The summed E-state index contributed by atoms with van der Waals surface area (Å²) < 4.78 is 11.3. The van der Waals surface area contributed by atoms with E-state index in [0.717, 1.165) is 50.2 Å². The summed E-state index contributed by atoms with van der Waals surface area (Å²) in [6.45, 7) is 3.94. The van der Waals surface area contributed by atoms with Gasteiger partial charge >= 0.3 is 5.63 Å². The van der Waals surface area contributed by atoms with Gasteiger partial charge in [0.2, 0.25) is 0 Å². The van der Waals surface area contributed by atoms with E-state index < -0.39 is 5.63 Å². The lowest BCUT2D eigenvalue weighted by atomic mass is 9.83. The van der Waals surface area contributed by atoms with E-state index in [1.807, 2.05) is 17.9 Å². The van der Waals surface area contributed by atoms with Crippen LogP contribution in [0.15, 0.2) is 15.3 Å². The number of hydrogen-bond donors (Lipinski definition) is 0. The van der Waals surface area contributed by atoms with Crippen molar-refractivity contribution in [1.29, 1.82) is 0 Å². The number of hydrogen-bond acceptors (Lipinski definition) is 4. The van der Waals surface area contributed by atoms with Gasteiger partial charge in [-0.2, -0.15) is 0 Å². The number of nitrogens with zero attached hydrogens (tertiary/aromatic N) is 1. The molecule has 142 valence electrons. The monoisotopic (exact) mass is 359 g/mol. The summed E-state index contributed by atoms with van der Waals surface area (Å²) in [6.07, 6.45) is 9.04. The van der Waals surface area contributed by atoms with Crippen LogP contribution in [0.3, 0.4) is 0 Å². The van der Waals surface area contributed by atoms with Gasteiger partial charge in [0.05, 0.1) is 6.10 Å². The second-order valence-corrected chi connectivity index (χ2v) is 8.26. The smallest absolute Gasteiger partial charge is 0.349 e.